The van der Waals surface area contributed by atoms with Crippen LogP contribution in [0.3, 0.4) is 0 Å². The molecule has 0 aliphatic carbocycles. The predicted octanol–water partition coefficient (Wildman–Crippen LogP) is 0.0920. The minimum atomic E-state index is -1.69. The third kappa shape index (κ3) is 3.92. The number of nitrogens with two attached hydrogens (primary N) is 1. The van der Waals surface area contributed by atoms with E-state index < -0.39 is 4.64 Å². The number of rotatable bonds is 4. The van der Waals surface area contributed by atoms with Gasteiger partial charge >= 0.3 is 130 Å². The molecule has 0 saturated carbocycles. The molecule has 5 heteroatoms. The van der Waals surface area contributed by atoms with Gasteiger partial charge in [0.25, 0.3) is 0 Å². The molecular formula is C14H15N2PSe2+. The van der Waals surface area contributed by atoms with Gasteiger partial charge in [-0.25, -0.2) is 0 Å². The van der Waals surface area contributed by atoms with E-state index in [1.54, 1.807) is 0 Å². The summed E-state index contributed by atoms with van der Waals surface area (Å²) in [6, 6.07) is 20.5. The van der Waals surface area contributed by atoms with Crippen molar-refractivity contribution in [3.05, 3.63) is 66.2 Å². The first-order valence-electron chi connectivity index (χ1n) is 5.88. The van der Waals surface area contributed by atoms with E-state index in [0.29, 0.717) is 0 Å². The van der Waals surface area contributed by atoms with Gasteiger partial charge < -0.3 is 0 Å². The van der Waals surface area contributed by atoms with Crippen molar-refractivity contribution in [1.29, 1.82) is 0 Å². The Morgan fingerprint density at radius 2 is 1.58 bits per heavy atom. The maximum absolute atomic E-state index is 6.22. The summed E-state index contributed by atoms with van der Waals surface area (Å²) in [5.41, 5.74) is 8.24. The van der Waals surface area contributed by atoms with Crippen molar-refractivity contribution >= 4 is 46.7 Å². The van der Waals surface area contributed by atoms with Gasteiger partial charge in [0.1, 0.15) is 0 Å². The summed E-state index contributed by atoms with van der Waals surface area (Å²) in [6.45, 7) is 0.741. The zero-order chi connectivity index (χ0) is 13.7. The summed E-state index contributed by atoms with van der Waals surface area (Å²) in [4.78, 5) is 3.32. The van der Waals surface area contributed by atoms with Crippen LogP contribution in [0.15, 0.2) is 60.7 Å². The number of hydrogen-bond donors (Lipinski definition) is 2. The van der Waals surface area contributed by atoms with Crippen molar-refractivity contribution in [1.82, 2.24) is 0 Å². The fourth-order valence-corrected chi connectivity index (χ4v) is 5.13. The summed E-state index contributed by atoms with van der Waals surface area (Å²) in [5.74, 6) is 0. The standard InChI is InChI=1S/C14H14N2PSe2/c15-14(16-11-12-7-3-1-4-8-12)17(18,19)13-9-5-2-6-10-13/h1-10H,11H2,(H2,15,16)/p+1. The van der Waals surface area contributed by atoms with E-state index >= 15 is 0 Å². The summed E-state index contributed by atoms with van der Waals surface area (Å²) < 4.78 is -1.69. The summed E-state index contributed by atoms with van der Waals surface area (Å²) in [7, 11) is 0. The van der Waals surface area contributed by atoms with Gasteiger partial charge in [0, 0.05) is 0 Å². The van der Waals surface area contributed by atoms with Crippen LogP contribution in [0.5, 0.6) is 0 Å². The average molecular weight is 400 g/mol. The molecule has 3 N–H and O–H groups in total. The first-order chi connectivity index (χ1) is 9.10. The second kappa shape index (κ2) is 6.70. The van der Waals surface area contributed by atoms with Crippen molar-refractivity contribution in [2.45, 2.75) is 6.54 Å². The zero-order valence-electron chi connectivity index (χ0n) is 10.3. The van der Waals surface area contributed by atoms with E-state index in [-0.39, 0.29) is 0 Å². The van der Waals surface area contributed by atoms with Gasteiger partial charge in [0.2, 0.25) is 0 Å². The number of benzene rings is 2. The molecule has 0 aromatic heterocycles. The van der Waals surface area contributed by atoms with Gasteiger partial charge in [-0.2, -0.15) is 0 Å². The van der Waals surface area contributed by atoms with Crippen LogP contribution in [0.2, 0.25) is 0 Å². The number of nitrogens with one attached hydrogen (secondary N) is 1. The van der Waals surface area contributed by atoms with Crippen LogP contribution in [0, 0.1) is 0 Å². The van der Waals surface area contributed by atoms with E-state index in [9.17, 15) is 0 Å². The average Bonchev–Trinajstić information content (AvgIpc) is 2.46. The molecule has 2 rings (SSSR count). The molecule has 0 fully saturated rings. The van der Waals surface area contributed by atoms with Crippen LogP contribution in [-0.4, -0.2) is 36.7 Å². The molecule has 97 valence electrons. The van der Waals surface area contributed by atoms with E-state index in [1.807, 2.05) is 36.4 Å². The Morgan fingerprint density at radius 1 is 1.05 bits per heavy atom. The Morgan fingerprint density at radius 3 is 2.16 bits per heavy atom. The van der Waals surface area contributed by atoms with Crippen molar-refractivity contribution in [3.8, 4) is 0 Å². The van der Waals surface area contributed by atoms with Crippen LogP contribution in [0.4, 0.5) is 0 Å². The van der Waals surface area contributed by atoms with Gasteiger partial charge in [-0.3, -0.25) is 0 Å². The molecule has 0 amide bonds. The van der Waals surface area contributed by atoms with Crippen LogP contribution in [0.1, 0.15) is 5.56 Å². The third-order valence-electron chi connectivity index (χ3n) is 2.73. The quantitative estimate of drug-likeness (QED) is 0.325. The van der Waals surface area contributed by atoms with Crippen LogP contribution in [-0.2, 0) is 6.54 Å². The van der Waals surface area contributed by atoms with Gasteiger partial charge in [0.05, 0.1) is 0 Å². The van der Waals surface area contributed by atoms with Crippen molar-refractivity contribution in [2.24, 2.45) is 5.73 Å². The minimum absolute atomic E-state index is 0.741. The van der Waals surface area contributed by atoms with E-state index in [1.165, 1.54) is 10.9 Å². The van der Waals surface area contributed by atoms with Crippen molar-refractivity contribution in [2.75, 3.05) is 0 Å². The Kier molecular flexibility index (Phi) is 5.21. The van der Waals surface area contributed by atoms with Crippen molar-refractivity contribution < 1.29 is 4.99 Å². The Balaban J connectivity index is 2.16. The van der Waals surface area contributed by atoms with Gasteiger partial charge in [-0.1, -0.05) is 0 Å². The molecule has 2 aromatic rings. The monoisotopic (exact) mass is 402 g/mol. The predicted molar refractivity (Wildman–Crippen MR) is 84.8 cm³/mol. The summed E-state index contributed by atoms with van der Waals surface area (Å²) in [5, 5.41) is 1.22. The van der Waals surface area contributed by atoms with E-state index in [2.05, 4.69) is 60.4 Å². The van der Waals surface area contributed by atoms with E-state index in [0.717, 1.165) is 12.1 Å². The molecule has 0 atom stereocenters. The van der Waals surface area contributed by atoms with Gasteiger partial charge in [0.15, 0.2) is 0 Å². The number of amidine groups is 1. The normalized spacial score (nSPS) is 14.9. The van der Waals surface area contributed by atoms with Crippen LogP contribution in [0.25, 0.3) is 0 Å². The fraction of sp³-hybridized carbons (Fsp3) is 0.0714. The third-order valence-corrected chi connectivity index (χ3v) is 9.63. The second-order valence-corrected chi connectivity index (χ2v) is 16.6. The fourth-order valence-electron chi connectivity index (χ4n) is 1.66. The second-order valence-electron chi connectivity index (χ2n) is 4.11. The maximum atomic E-state index is 6.22. The molecule has 0 unspecified atom stereocenters. The summed E-state index contributed by atoms with van der Waals surface area (Å²) >= 11 is 6.47. The van der Waals surface area contributed by atoms with Crippen molar-refractivity contribution in [3.63, 3.8) is 0 Å². The summed E-state index contributed by atoms with van der Waals surface area (Å²) in [6.07, 6.45) is 0. The molecule has 0 bridgehead atoms. The molecule has 0 saturated heterocycles. The molecule has 0 heterocycles. The topological polar surface area (TPSA) is 40.0 Å². The number of hydrogen-bond acceptors (Lipinski definition) is 0. The molecule has 2 aromatic carbocycles. The molecule has 0 aliphatic rings. The SMILES string of the molecule is NC(=[NH+]Cc1ccccc1)[P+]([Se])([Se-])c1ccccc1. The first kappa shape index (κ1) is 14.8. The van der Waals surface area contributed by atoms with Crippen LogP contribution >= 0.6 is 4.64 Å². The molecule has 1 radical (unpaired) electrons. The van der Waals surface area contributed by atoms with Gasteiger partial charge in [-0.15, -0.1) is 0 Å². The Labute approximate surface area is 130 Å². The first-order valence-corrected chi connectivity index (χ1v) is 12.1. The van der Waals surface area contributed by atoms with Gasteiger partial charge in [-0.05, 0) is 0 Å². The molecule has 19 heavy (non-hydrogen) atoms. The Bertz CT molecular complexity index is 556. The molecule has 0 aliphatic heterocycles. The Hall–Kier alpha value is -0.621. The van der Waals surface area contributed by atoms with E-state index in [4.69, 9.17) is 5.73 Å². The van der Waals surface area contributed by atoms with Crippen LogP contribution < -0.4 is 16.0 Å². The molecule has 0 spiro atoms. The zero-order valence-corrected chi connectivity index (χ0v) is 14.6. The molecular weight excluding hydrogens is 385 g/mol. The molecule has 2 nitrogen and oxygen atoms in total.